The Hall–Kier alpha value is -1.45. The van der Waals surface area contributed by atoms with Crippen molar-refractivity contribution in [2.75, 3.05) is 12.8 Å². The van der Waals surface area contributed by atoms with Gasteiger partial charge in [-0.05, 0) is 13.8 Å². The van der Waals surface area contributed by atoms with Crippen LogP contribution in [0.2, 0.25) is 0 Å². The van der Waals surface area contributed by atoms with Gasteiger partial charge in [0.1, 0.15) is 5.75 Å². The molecule has 78 valence electrons. The molecular weight excluding hydrogens is 185 g/mol. The third-order valence-electron chi connectivity index (χ3n) is 1.65. The highest BCUT2D eigenvalue weighted by Gasteiger charge is 2.10. The lowest BCUT2D eigenvalue weighted by molar-refractivity contribution is 0.230. The van der Waals surface area contributed by atoms with Crippen LogP contribution < -0.4 is 15.2 Å². The van der Waals surface area contributed by atoms with Crippen LogP contribution in [0.25, 0.3) is 0 Å². The summed E-state index contributed by atoms with van der Waals surface area (Å²) in [5.41, 5.74) is 5.78. The van der Waals surface area contributed by atoms with Crippen molar-refractivity contribution >= 4 is 5.69 Å². The quantitative estimate of drug-likeness (QED) is 0.759. The minimum atomic E-state index is -0.475. The molecule has 0 atom stereocenters. The predicted octanol–water partition coefficient (Wildman–Crippen LogP) is 2.20. The van der Waals surface area contributed by atoms with E-state index in [9.17, 15) is 4.39 Å². The summed E-state index contributed by atoms with van der Waals surface area (Å²) in [7, 11) is 1.47. The maximum atomic E-state index is 13.3. The van der Waals surface area contributed by atoms with E-state index in [-0.39, 0.29) is 17.5 Å². The van der Waals surface area contributed by atoms with Crippen LogP contribution in [0, 0.1) is 5.82 Å². The van der Waals surface area contributed by atoms with E-state index in [1.807, 2.05) is 13.8 Å². The number of ether oxygens (including phenoxy) is 2. The van der Waals surface area contributed by atoms with Crippen LogP contribution in [0.4, 0.5) is 10.1 Å². The number of halogens is 1. The number of nitrogens with two attached hydrogens (primary N) is 1. The Kier molecular flexibility index (Phi) is 3.17. The predicted molar refractivity (Wildman–Crippen MR) is 53.1 cm³/mol. The average Bonchev–Trinajstić information content (AvgIpc) is 2.09. The van der Waals surface area contributed by atoms with Gasteiger partial charge in [0.2, 0.25) is 0 Å². The fourth-order valence-electron chi connectivity index (χ4n) is 1.07. The molecule has 0 saturated carbocycles. The van der Waals surface area contributed by atoms with Gasteiger partial charge in [-0.1, -0.05) is 0 Å². The summed E-state index contributed by atoms with van der Waals surface area (Å²) in [5.74, 6) is 0.102. The zero-order valence-corrected chi connectivity index (χ0v) is 8.50. The first-order valence-electron chi connectivity index (χ1n) is 4.34. The third-order valence-corrected chi connectivity index (χ3v) is 1.65. The first-order chi connectivity index (χ1) is 6.54. The minimum absolute atomic E-state index is 0.0853. The summed E-state index contributed by atoms with van der Waals surface area (Å²) in [4.78, 5) is 0. The Morgan fingerprint density at radius 3 is 2.43 bits per heavy atom. The molecule has 0 unspecified atom stereocenters. The Morgan fingerprint density at radius 2 is 1.93 bits per heavy atom. The number of benzene rings is 1. The number of anilines is 1. The zero-order valence-electron chi connectivity index (χ0n) is 8.50. The highest BCUT2D eigenvalue weighted by Crippen LogP contribution is 2.30. The van der Waals surface area contributed by atoms with Crippen LogP contribution in [0.3, 0.4) is 0 Å². The Morgan fingerprint density at radius 1 is 1.29 bits per heavy atom. The monoisotopic (exact) mass is 199 g/mol. The van der Waals surface area contributed by atoms with Gasteiger partial charge in [0.25, 0.3) is 0 Å². The maximum Gasteiger partial charge on any atom is 0.167 e. The maximum absolute atomic E-state index is 13.3. The van der Waals surface area contributed by atoms with Gasteiger partial charge in [-0.25, -0.2) is 4.39 Å². The number of hydrogen-bond donors (Lipinski definition) is 1. The van der Waals surface area contributed by atoms with Crippen molar-refractivity contribution < 1.29 is 13.9 Å². The van der Waals surface area contributed by atoms with E-state index in [4.69, 9.17) is 15.2 Å². The molecule has 0 aliphatic rings. The number of rotatable bonds is 3. The average molecular weight is 199 g/mol. The summed E-state index contributed by atoms with van der Waals surface area (Å²) in [6.45, 7) is 3.64. The van der Waals surface area contributed by atoms with Gasteiger partial charge in [0.05, 0.1) is 18.9 Å². The molecular formula is C10H14FNO2. The molecule has 0 spiro atoms. The lowest BCUT2D eigenvalue weighted by Gasteiger charge is -2.12. The smallest absolute Gasteiger partial charge is 0.167 e. The molecule has 1 aromatic rings. The van der Waals surface area contributed by atoms with Crippen molar-refractivity contribution in [3.8, 4) is 11.5 Å². The second-order valence-corrected chi connectivity index (χ2v) is 3.19. The van der Waals surface area contributed by atoms with Crippen LogP contribution in [-0.4, -0.2) is 13.2 Å². The largest absolute Gasteiger partial charge is 0.494 e. The molecule has 3 nitrogen and oxygen atoms in total. The van der Waals surface area contributed by atoms with Crippen LogP contribution in [-0.2, 0) is 0 Å². The fourth-order valence-corrected chi connectivity index (χ4v) is 1.07. The molecule has 0 aromatic heterocycles. The lowest BCUT2D eigenvalue weighted by atomic mass is 10.2. The molecule has 0 bridgehead atoms. The van der Waals surface area contributed by atoms with Gasteiger partial charge in [-0.3, -0.25) is 0 Å². The summed E-state index contributed by atoms with van der Waals surface area (Å²) < 4.78 is 23.4. The van der Waals surface area contributed by atoms with Crippen LogP contribution in [0.1, 0.15) is 13.8 Å². The summed E-state index contributed by atoms with van der Waals surface area (Å²) in [5, 5.41) is 0. The molecule has 0 saturated heterocycles. The SMILES string of the molecule is COc1cc(OC(C)C)c(F)cc1N. The van der Waals surface area contributed by atoms with Gasteiger partial charge in [0.15, 0.2) is 11.6 Å². The van der Waals surface area contributed by atoms with Gasteiger partial charge in [-0.15, -0.1) is 0 Å². The van der Waals surface area contributed by atoms with E-state index in [0.29, 0.717) is 5.75 Å². The van der Waals surface area contributed by atoms with E-state index in [2.05, 4.69) is 0 Å². The molecule has 2 N–H and O–H groups in total. The summed E-state index contributed by atoms with van der Waals surface area (Å²) in [6.07, 6.45) is -0.0853. The van der Waals surface area contributed by atoms with Crippen molar-refractivity contribution in [2.24, 2.45) is 0 Å². The van der Waals surface area contributed by atoms with Crippen molar-refractivity contribution in [3.05, 3.63) is 17.9 Å². The van der Waals surface area contributed by atoms with Crippen molar-refractivity contribution in [3.63, 3.8) is 0 Å². The van der Waals surface area contributed by atoms with E-state index >= 15 is 0 Å². The molecule has 14 heavy (non-hydrogen) atoms. The fraction of sp³-hybridized carbons (Fsp3) is 0.400. The van der Waals surface area contributed by atoms with Crippen LogP contribution >= 0.6 is 0 Å². The highest BCUT2D eigenvalue weighted by atomic mass is 19.1. The van der Waals surface area contributed by atoms with Gasteiger partial charge >= 0.3 is 0 Å². The van der Waals surface area contributed by atoms with E-state index in [0.717, 1.165) is 0 Å². The van der Waals surface area contributed by atoms with Gasteiger partial charge in [0, 0.05) is 12.1 Å². The summed E-state index contributed by atoms with van der Waals surface area (Å²) >= 11 is 0. The Labute approximate surface area is 82.6 Å². The number of nitrogen functional groups attached to an aromatic ring is 1. The second kappa shape index (κ2) is 4.17. The molecule has 0 amide bonds. The number of methoxy groups -OCH3 is 1. The summed E-state index contributed by atoms with van der Waals surface area (Å²) in [6, 6.07) is 2.64. The minimum Gasteiger partial charge on any atom is -0.494 e. The van der Waals surface area contributed by atoms with Crippen LogP contribution in [0.15, 0.2) is 12.1 Å². The second-order valence-electron chi connectivity index (χ2n) is 3.19. The molecule has 0 fully saturated rings. The molecule has 1 aromatic carbocycles. The molecule has 0 aliphatic carbocycles. The van der Waals surface area contributed by atoms with E-state index in [1.165, 1.54) is 19.2 Å². The Bertz CT molecular complexity index is 326. The molecule has 0 aliphatic heterocycles. The van der Waals surface area contributed by atoms with Crippen molar-refractivity contribution in [1.82, 2.24) is 0 Å². The molecule has 0 radical (unpaired) electrons. The van der Waals surface area contributed by atoms with E-state index < -0.39 is 5.82 Å². The van der Waals surface area contributed by atoms with Crippen LogP contribution in [0.5, 0.6) is 11.5 Å². The van der Waals surface area contributed by atoms with E-state index in [1.54, 1.807) is 0 Å². The highest BCUT2D eigenvalue weighted by molar-refractivity contribution is 5.56. The first kappa shape index (κ1) is 10.6. The third kappa shape index (κ3) is 2.28. The van der Waals surface area contributed by atoms with Crippen molar-refractivity contribution in [1.29, 1.82) is 0 Å². The normalized spacial score (nSPS) is 10.4. The van der Waals surface area contributed by atoms with Gasteiger partial charge in [-0.2, -0.15) is 0 Å². The zero-order chi connectivity index (χ0) is 10.7. The number of hydrogen-bond acceptors (Lipinski definition) is 3. The molecule has 0 heterocycles. The van der Waals surface area contributed by atoms with Crippen molar-refractivity contribution in [2.45, 2.75) is 20.0 Å². The topological polar surface area (TPSA) is 44.5 Å². The first-order valence-corrected chi connectivity index (χ1v) is 4.34. The molecule has 1 rings (SSSR count). The standard InChI is InChI=1S/C10H14FNO2/c1-6(2)14-9-5-10(13-3)8(12)4-7(9)11/h4-6H,12H2,1-3H3. The molecule has 4 heteroatoms. The lowest BCUT2D eigenvalue weighted by Crippen LogP contribution is -2.07. The van der Waals surface area contributed by atoms with Gasteiger partial charge < -0.3 is 15.2 Å². The Balaban J connectivity index is 3.04.